The molecule has 4 heteroatoms. The molecular weight excluding hydrogens is 222 g/mol. The molecule has 1 fully saturated rings. The van der Waals surface area contributed by atoms with Gasteiger partial charge in [-0.15, -0.1) is 11.6 Å². The van der Waals surface area contributed by atoms with Gasteiger partial charge in [-0.1, -0.05) is 12.1 Å². The summed E-state index contributed by atoms with van der Waals surface area (Å²) in [5, 5.41) is 0. The van der Waals surface area contributed by atoms with Crippen LogP contribution in [0.2, 0.25) is 0 Å². The molecule has 1 N–H and O–H groups in total. The van der Waals surface area contributed by atoms with Crippen LogP contribution in [-0.4, -0.2) is 28.4 Å². The first-order chi connectivity index (χ1) is 7.88. The number of fused-ring (bicyclic) bond motifs is 1. The number of nitrogens with zero attached hydrogens (tertiary/aromatic N) is 2. The van der Waals surface area contributed by atoms with Gasteiger partial charge in [-0.05, 0) is 25.0 Å². The zero-order chi connectivity index (χ0) is 11.0. The summed E-state index contributed by atoms with van der Waals surface area (Å²) >= 11 is 5.97. The molecule has 3 nitrogen and oxygen atoms in total. The second-order valence-electron chi connectivity index (χ2n) is 4.22. The summed E-state index contributed by atoms with van der Waals surface area (Å²) in [5.41, 5.74) is 2.12. The van der Waals surface area contributed by atoms with E-state index in [0.29, 0.717) is 11.9 Å². The molecule has 0 bridgehead atoms. The van der Waals surface area contributed by atoms with Gasteiger partial charge in [-0.25, -0.2) is 4.98 Å². The number of alkyl halides is 1. The third-order valence-electron chi connectivity index (χ3n) is 3.20. The van der Waals surface area contributed by atoms with Gasteiger partial charge in [0, 0.05) is 18.5 Å². The molecule has 2 aromatic rings. The fraction of sp³-hybridized carbons (Fsp3) is 0.417. The lowest BCUT2D eigenvalue weighted by atomic mass is 10.2. The summed E-state index contributed by atoms with van der Waals surface area (Å²) in [6, 6.07) is 8.55. The molecule has 1 aromatic carbocycles. The van der Waals surface area contributed by atoms with E-state index in [1.807, 2.05) is 18.2 Å². The first-order valence-corrected chi connectivity index (χ1v) is 6.19. The topological polar surface area (TPSA) is 31.9 Å². The van der Waals surface area contributed by atoms with Crippen molar-refractivity contribution in [2.75, 3.05) is 17.3 Å². The molecule has 0 amide bonds. The monoisotopic (exact) mass is 235 g/mol. The highest BCUT2D eigenvalue weighted by atomic mass is 35.5. The lowest BCUT2D eigenvalue weighted by molar-refractivity contribution is 0.728. The summed E-state index contributed by atoms with van der Waals surface area (Å²) in [7, 11) is 0. The molecule has 16 heavy (non-hydrogen) atoms. The van der Waals surface area contributed by atoms with E-state index in [4.69, 9.17) is 11.6 Å². The molecule has 1 aliphatic heterocycles. The van der Waals surface area contributed by atoms with Gasteiger partial charge in [-0.3, -0.25) is 0 Å². The Hall–Kier alpha value is -1.22. The third-order valence-corrected chi connectivity index (χ3v) is 3.56. The Morgan fingerprint density at radius 1 is 1.44 bits per heavy atom. The molecule has 1 unspecified atom stereocenters. The Balaban J connectivity index is 1.99. The Bertz CT molecular complexity index is 461. The summed E-state index contributed by atoms with van der Waals surface area (Å²) in [6.07, 6.45) is 2.37. The number of para-hydroxylation sites is 2. The fourth-order valence-corrected chi connectivity index (χ4v) is 2.67. The van der Waals surface area contributed by atoms with Crippen molar-refractivity contribution in [3.05, 3.63) is 24.3 Å². The molecule has 1 atom stereocenters. The summed E-state index contributed by atoms with van der Waals surface area (Å²) in [4.78, 5) is 10.2. The number of anilines is 1. The summed E-state index contributed by atoms with van der Waals surface area (Å²) in [5.74, 6) is 1.64. The number of halogens is 1. The van der Waals surface area contributed by atoms with Crippen molar-refractivity contribution < 1.29 is 0 Å². The van der Waals surface area contributed by atoms with Crippen molar-refractivity contribution in [2.45, 2.75) is 18.9 Å². The molecular formula is C12H14ClN3. The first kappa shape index (κ1) is 9.97. The highest BCUT2D eigenvalue weighted by molar-refractivity contribution is 6.18. The lowest BCUT2D eigenvalue weighted by Gasteiger charge is -2.21. The van der Waals surface area contributed by atoms with Crippen molar-refractivity contribution >= 4 is 28.6 Å². The molecule has 1 aromatic heterocycles. The molecule has 0 spiro atoms. The van der Waals surface area contributed by atoms with Crippen LogP contribution < -0.4 is 4.90 Å². The van der Waals surface area contributed by atoms with Crippen LogP contribution in [0.15, 0.2) is 24.3 Å². The van der Waals surface area contributed by atoms with E-state index in [1.54, 1.807) is 0 Å². The number of benzene rings is 1. The number of aromatic nitrogens is 2. The van der Waals surface area contributed by atoms with Crippen molar-refractivity contribution in [2.24, 2.45) is 0 Å². The average Bonchev–Trinajstić information content (AvgIpc) is 2.94. The number of hydrogen-bond acceptors (Lipinski definition) is 2. The molecule has 2 heterocycles. The van der Waals surface area contributed by atoms with E-state index in [-0.39, 0.29) is 0 Å². The Kier molecular flexibility index (Phi) is 2.48. The SMILES string of the molecule is ClCC1CCCN1c1nc2ccccc2[nH]1. The Morgan fingerprint density at radius 3 is 3.12 bits per heavy atom. The maximum absolute atomic E-state index is 5.97. The van der Waals surface area contributed by atoms with Crippen molar-refractivity contribution in [1.82, 2.24) is 9.97 Å². The van der Waals surface area contributed by atoms with Gasteiger partial charge in [0.05, 0.1) is 11.0 Å². The van der Waals surface area contributed by atoms with E-state index >= 15 is 0 Å². The minimum Gasteiger partial charge on any atom is -0.338 e. The smallest absolute Gasteiger partial charge is 0.204 e. The normalized spacial score (nSPS) is 20.8. The molecule has 1 aliphatic rings. The summed E-state index contributed by atoms with van der Waals surface area (Å²) in [6.45, 7) is 1.05. The molecule has 1 saturated heterocycles. The van der Waals surface area contributed by atoms with E-state index < -0.39 is 0 Å². The average molecular weight is 236 g/mol. The zero-order valence-electron chi connectivity index (χ0n) is 8.99. The van der Waals surface area contributed by atoms with Gasteiger partial charge in [-0.2, -0.15) is 0 Å². The Labute approximate surface area is 99.4 Å². The van der Waals surface area contributed by atoms with Gasteiger partial charge in [0.2, 0.25) is 5.95 Å². The number of imidazole rings is 1. The van der Waals surface area contributed by atoms with E-state index in [1.165, 1.54) is 12.8 Å². The van der Waals surface area contributed by atoms with Crippen molar-refractivity contribution in [3.63, 3.8) is 0 Å². The Morgan fingerprint density at radius 2 is 2.31 bits per heavy atom. The second kappa shape index (κ2) is 3.98. The quantitative estimate of drug-likeness (QED) is 0.812. The summed E-state index contributed by atoms with van der Waals surface area (Å²) < 4.78 is 0. The maximum atomic E-state index is 5.97. The highest BCUT2D eigenvalue weighted by Gasteiger charge is 2.25. The van der Waals surface area contributed by atoms with E-state index in [0.717, 1.165) is 23.5 Å². The minimum absolute atomic E-state index is 0.433. The highest BCUT2D eigenvalue weighted by Crippen LogP contribution is 2.25. The van der Waals surface area contributed by atoms with E-state index in [2.05, 4.69) is 20.9 Å². The zero-order valence-corrected chi connectivity index (χ0v) is 9.74. The van der Waals surface area contributed by atoms with Gasteiger partial charge < -0.3 is 9.88 Å². The molecule has 84 valence electrons. The van der Waals surface area contributed by atoms with Crippen LogP contribution in [0.25, 0.3) is 11.0 Å². The van der Waals surface area contributed by atoms with Gasteiger partial charge in [0.25, 0.3) is 0 Å². The number of nitrogens with one attached hydrogen (secondary N) is 1. The standard InChI is InChI=1S/C12H14ClN3/c13-8-9-4-3-7-16(9)12-14-10-5-1-2-6-11(10)15-12/h1-2,5-6,9H,3-4,7-8H2,(H,14,15). The first-order valence-electron chi connectivity index (χ1n) is 5.66. The fourth-order valence-electron chi connectivity index (χ4n) is 2.35. The van der Waals surface area contributed by atoms with Gasteiger partial charge in [0.1, 0.15) is 0 Å². The maximum Gasteiger partial charge on any atom is 0.204 e. The van der Waals surface area contributed by atoms with Crippen LogP contribution in [0.3, 0.4) is 0 Å². The van der Waals surface area contributed by atoms with Gasteiger partial charge in [0.15, 0.2) is 0 Å². The second-order valence-corrected chi connectivity index (χ2v) is 4.53. The number of rotatable bonds is 2. The molecule has 0 radical (unpaired) electrons. The van der Waals surface area contributed by atoms with Crippen LogP contribution in [0.1, 0.15) is 12.8 Å². The lowest BCUT2D eigenvalue weighted by Crippen LogP contribution is -2.31. The number of aromatic amines is 1. The van der Waals surface area contributed by atoms with Crippen LogP contribution in [0.4, 0.5) is 5.95 Å². The predicted molar refractivity (Wildman–Crippen MR) is 67.2 cm³/mol. The number of hydrogen-bond donors (Lipinski definition) is 1. The van der Waals surface area contributed by atoms with Crippen LogP contribution in [0.5, 0.6) is 0 Å². The molecule has 0 aliphatic carbocycles. The minimum atomic E-state index is 0.433. The third kappa shape index (κ3) is 1.55. The van der Waals surface area contributed by atoms with Crippen molar-refractivity contribution in [1.29, 1.82) is 0 Å². The van der Waals surface area contributed by atoms with Crippen LogP contribution in [0, 0.1) is 0 Å². The number of H-pyrrole nitrogens is 1. The van der Waals surface area contributed by atoms with Crippen molar-refractivity contribution in [3.8, 4) is 0 Å². The van der Waals surface area contributed by atoms with Gasteiger partial charge >= 0.3 is 0 Å². The molecule has 0 saturated carbocycles. The predicted octanol–water partition coefficient (Wildman–Crippen LogP) is 2.77. The van der Waals surface area contributed by atoms with Crippen LogP contribution in [-0.2, 0) is 0 Å². The van der Waals surface area contributed by atoms with E-state index in [9.17, 15) is 0 Å². The molecule has 3 rings (SSSR count). The largest absolute Gasteiger partial charge is 0.338 e. The van der Waals surface area contributed by atoms with Crippen LogP contribution >= 0.6 is 11.6 Å².